The van der Waals surface area contributed by atoms with Crippen molar-refractivity contribution in [2.45, 2.75) is 13.0 Å². The zero-order valence-electron chi connectivity index (χ0n) is 14.4. The molecule has 0 spiro atoms. The highest BCUT2D eigenvalue weighted by Gasteiger charge is 2.32. The van der Waals surface area contributed by atoms with Crippen LogP contribution >= 0.6 is 0 Å². The van der Waals surface area contributed by atoms with Crippen LogP contribution in [0, 0.1) is 0 Å². The lowest BCUT2D eigenvalue weighted by Crippen LogP contribution is -2.47. The van der Waals surface area contributed by atoms with Gasteiger partial charge in [-0.25, -0.2) is 4.79 Å². The number of methoxy groups -OCH3 is 1. The van der Waals surface area contributed by atoms with E-state index in [1.165, 1.54) is 18.1 Å². The Morgan fingerprint density at radius 3 is 2.73 bits per heavy atom. The van der Waals surface area contributed by atoms with Crippen LogP contribution in [0.25, 0.3) is 0 Å². The third-order valence-corrected chi connectivity index (χ3v) is 3.94. The molecular formula is C19H18N2O5. The molecule has 26 heavy (non-hydrogen) atoms. The van der Waals surface area contributed by atoms with Crippen molar-refractivity contribution in [3.63, 3.8) is 0 Å². The SMILES string of the molecule is COC(=O)c1cccc(NC(=O)CN2C(=O)[C@@H](C)Oc3ccccc32)c1. The highest BCUT2D eigenvalue weighted by molar-refractivity contribution is 6.06. The predicted octanol–water partition coefficient (Wildman–Crippen LogP) is 2.23. The summed E-state index contributed by atoms with van der Waals surface area (Å²) >= 11 is 0. The molecule has 134 valence electrons. The van der Waals surface area contributed by atoms with Gasteiger partial charge in [-0.2, -0.15) is 0 Å². The van der Waals surface area contributed by atoms with Gasteiger partial charge in [-0.1, -0.05) is 18.2 Å². The minimum absolute atomic E-state index is 0.161. The second kappa shape index (κ2) is 7.26. The quantitative estimate of drug-likeness (QED) is 0.851. The van der Waals surface area contributed by atoms with E-state index < -0.39 is 12.1 Å². The molecule has 1 atom stereocenters. The van der Waals surface area contributed by atoms with E-state index in [1.54, 1.807) is 49.4 Å². The van der Waals surface area contributed by atoms with Crippen molar-refractivity contribution in [3.05, 3.63) is 54.1 Å². The number of para-hydroxylation sites is 2. The third kappa shape index (κ3) is 3.51. The fourth-order valence-corrected chi connectivity index (χ4v) is 2.71. The summed E-state index contributed by atoms with van der Waals surface area (Å²) in [6, 6.07) is 13.5. The molecule has 1 aliphatic rings. The van der Waals surface area contributed by atoms with Crippen LogP contribution in [0.5, 0.6) is 5.75 Å². The van der Waals surface area contributed by atoms with Gasteiger partial charge in [-0.3, -0.25) is 14.5 Å². The number of amides is 2. The van der Waals surface area contributed by atoms with Crippen LogP contribution in [0.1, 0.15) is 17.3 Å². The van der Waals surface area contributed by atoms with Crippen LogP contribution in [-0.2, 0) is 14.3 Å². The standard InChI is InChI=1S/C19H18N2O5/c1-12-18(23)21(15-8-3-4-9-16(15)26-12)11-17(22)20-14-7-5-6-13(10-14)19(24)25-2/h3-10,12H,11H2,1-2H3,(H,20,22)/t12-/m1/s1. The Labute approximate surface area is 150 Å². The number of ether oxygens (including phenoxy) is 2. The van der Waals surface area contributed by atoms with Gasteiger partial charge < -0.3 is 14.8 Å². The first-order chi connectivity index (χ1) is 12.5. The average Bonchev–Trinajstić information content (AvgIpc) is 2.65. The van der Waals surface area contributed by atoms with Crippen molar-refractivity contribution in [3.8, 4) is 5.75 Å². The number of hydrogen-bond donors (Lipinski definition) is 1. The second-order valence-electron chi connectivity index (χ2n) is 5.77. The molecule has 1 N–H and O–H groups in total. The summed E-state index contributed by atoms with van der Waals surface area (Å²) in [4.78, 5) is 37.8. The van der Waals surface area contributed by atoms with Crippen molar-refractivity contribution < 1.29 is 23.9 Å². The molecule has 0 fully saturated rings. The maximum atomic E-state index is 12.4. The Morgan fingerprint density at radius 1 is 1.19 bits per heavy atom. The van der Waals surface area contributed by atoms with Crippen molar-refractivity contribution in [1.82, 2.24) is 0 Å². The number of nitrogens with one attached hydrogen (secondary N) is 1. The number of esters is 1. The predicted molar refractivity (Wildman–Crippen MR) is 95.3 cm³/mol. The van der Waals surface area contributed by atoms with Gasteiger partial charge in [-0.05, 0) is 37.3 Å². The van der Waals surface area contributed by atoms with Crippen molar-refractivity contribution in [2.75, 3.05) is 23.9 Å². The van der Waals surface area contributed by atoms with E-state index in [0.29, 0.717) is 22.7 Å². The minimum Gasteiger partial charge on any atom is -0.479 e. The molecule has 0 bridgehead atoms. The van der Waals surface area contributed by atoms with E-state index in [-0.39, 0.29) is 18.4 Å². The molecule has 0 aromatic heterocycles. The van der Waals surface area contributed by atoms with Gasteiger partial charge in [0, 0.05) is 5.69 Å². The Balaban J connectivity index is 1.76. The van der Waals surface area contributed by atoms with Crippen LogP contribution in [0.4, 0.5) is 11.4 Å². The van der Waals surface area contributed by atoms with Gasteiger partial charge in [-0.15, -0.1) is 0 Å². The van der Waals surface area contributed by atoms with Crippen molar-refractivity contribution in [2.24, 2.45) is 0 Å². The molecule has 1 aliphatic heterocycles. The second-order valence-corrected chi connectivity index (χ2v) is 5.77. The van der Waals surface area contributed by atoms with Gasteiger partial charge in [0.15, 0.2) is 6.10 Å². The van der Waals surface area contributed by atoms with Crippen LogP contribution in [0.2, 0.25) is 0 Å². The molecule has 2 amide bonds. The highest BCUT2D eigenvalue weighted by Crippen LogP contribution is 2.33. The summed E-state index contributed by atoms with van der Waals surface area (Å²) in [6.07, 6.45) is -0.666. The Kier molecular flexibility index (Phi) is 4.88. The molecule has 0 aliphatic carbocycles. The third-order valence-electron chi connectivity index (χ3n) is 3.94. The molecule has 3 rings (SSSR count). The number of fused-ring (bicyclic) bond motifs is 1. The Bertz CT molecular complexity index is 865. The molecule has 0 unspecified atom stereocenters. The van der Waals surface area contributed by atoms with E-state index in [9.17, 15) is 14.4 Å². The summed E-state index contributed by atoms with van der Waals surface area (Å²) < 4.78 is 10.2. The Hall–Kier alpha value is -3.35. The maximum absolute atomic E-state index is 12.4. The first kappa shape index (κ1) is 17.5. The van der Waals surface area contributed by atoms with Gasteiger partial charge in [0.25, 0.3) is 5.91 Å². The molecule has 2 aromatic carbocycles. The normalized spacial score (nSPS) is 15.7. The molecule has 0 saturated heterocycles. The monoisotopic (exact) mass is 354 g/mol. The van der Waals surface area contributed by atoms with Gasteiger partial charge >= 0.3 is 5.97 Å². The van der Waals surface area contributed by atoms with Crippen LogP contribution in [-0.4, -0.2) is 37.5 Å². The lowest BCUT2D eigenvalue weighted by atomic mass is 10.2. The summed E-state index contributed by atoms with van der Waals surface area (Å²) in [7, 11) is 1.29. The number of benzene rings is 2. The van der Waals surface area contributed by atoms with E-state index in [4.69, 9.17) is 4.74 Å². The number of rotatable bonds is 4. The largest absolute Gasteiger partial charge is 0.479 e. The zero-order valence-corrected chi connectivity index (χ0v) is 14.4. The zero-order chi connectivity index (χ0) is 18.7. The average molecular weight is 354 g/mol. The molecule has 2 aromatic rings. The molecule has 1 heterocycles. The summed E-state index contributed by atoms with van der Waals surface area (Å²) in [5.74, 6) is -0.612. The number of hydrogen-bond acceptors (Lipinski definition) is 5. The fourth-order valence-electron chi connectivity index (χ4n) is 2.71. The summed E-state index contributed by atoms with van der Waals surface area (Å²) in [5.41, 5.74) is 1.32. The van der Waals surface area contributed by atoms with Gasteiger partial charge in [0.2, 0.25) is 5.91 Å². The number of carbonyl (C=O) groups excluding carboxylic acids is 3. The summed E-state index contributed by atoms with van der Waals surface area (Å²) in [6.45, 7) is 1.48. The maximum Gasteiger partial charge on any atom is 0.337 e. The molecule has 0 radical (unpaired) electrons. The van der Waals surface area contributed by atoms with Gasteiger partial charge in [0.1, 0.15) is 12.3 Å². The van der Waals surface area contributed by atoms with Crippen LogP contribution < -0.4 is 15.0 Å². The topological polar surface area (TPSA) is 84.9 Å². The van der Waals surface area contributed by atoms with E-state index in [2.05, 4.69) is 10.1 Å². The summed E-state index contributed by atoms with van der Waals surface area (Å²) in [5, 5.41) is 2.69. The van der Waals surface area contributed by atoms with Crippen molar-refractivity contribution in [1.29, 1.82) is 0 Å². The first-order valence-electron chi connectivity index (χ1n) is 8.05. The lowest BCUT2D eigenvalue weighted by Gasteiger charge is -2.32. The van der Waals surface area contributed by atoms with Crippen LogP contribution in [0.3, 0.4) is 0 Å². The molecular weight excluding hydrogens is 336 g/mol. The lowest BCUT2D eigenvalue weighted by molar-refractivity contribution is -0.127. The molecule has 7 nitrogen and oxygen atoms in total. The smallest absolute Gasteiger partial charge is 0.337 e. The fraction of sp³-hybridized carbons (Fsp3) is 0.211. The van der Waals surface area contributed by atoms with Crippen LogP contribution in [0.15, 0.2) is 48.5 Å². The molecule has 0 saturated carbocycles. The van der Waals surface area contributed by atoms with Crippen molar-refractivity contribution >= 4 is 29.2 Å². The van der Waals surface area contributed by atoms with E-state index >= 15 is 0 Å². The number of carbonyl (C=O) groups is 3. The Morgan fingerprint density at radius 2 is 1.96 bits per heavy atom. The number of nitrogens with zero attached hydrogens (tertiary/aromatic N) is 1. The first-order valence-corrected chi connectivity index (χ1v) is 8.05. The van der Waals surface area contributed by atoms with E-state index in [0.717, 1.165) is 0 Å². The van der Waals surface area contributed by atoms with E-state index in [1.807, 2.05) is 0 Å². The highest BCUT2D eigenvalue weighted by atomic mass is 16.5. The number of anilines is 2. The molecule has 7 heteroatoms. The van der Waals surface area contributed by atoms with Gasteiger partial charge in [0.05, 0.1) is 18.4 Å². The minimum atomic E-state index is -0.666.